The zero-order chi connectivity index (χ0) is 28.5. The molecule has 6 nitrogen and oxygen atoms in total. The Labute approximate surface area is 230 Å². The van der Waals surface area contributed by atoms with Crippen LogP contribution in [0.15, 0.2) is 72.8 Å². The Balaban J connectivity index is 1.59. The van der Waals surface area contributed by atoms with E-state index in [1.165, 1.54) is 44.3 Å². The van der Waals surface area contributed by atoms with Gasteiger partial charge in [-0.15, -0.1) is 0 Å². The van der Waals surface area contributed by atoms with Gasteiger partial charge < -0.3 is 5.32 Å². The summed E-state index contributed by atoms with van der Waals surface area (Å²) in [5.74, 6) is -3.35. The number of likely N-dealkylation sites (N-methyl/N-ethyl adjacent to an activating group) is 1. The van der Waals surface area contributed by atoms with Crippen LogP contribution in [0, 0.1) is 5.82 Å². The molecule has 39 heavy (non-hydrogen) atoms. The van der Waals surface area contributed by atoms with Crippen LogP contribution >= 0.6 is 23.2 Å². The van der Waals surface area contributed by atoms with Gasteiger partial charge >= 0.3 is 6.18 Å². The lowest BCUT2D eigenvalue weighted by Crippen LogP contribution is -2.32. The van der Waals surface area contributed by atoms with Crippen molar-refractivity contribution in [3.8, 4) is 5.69 Å². The van der Waals surface area contributed by atoms with Crippen LogP contribution in [0.2, 0.25) is 10.0 Å². The van der Waals surface area contributed by atoms with Crippen molar-refractivity contribution < 1.29 is 27.2 Å². The van der Waals surface area contributed by atoms with E-state index in [-0.39, 0.29) is 27.7 Å². The largest absolute Gasteiger partial charge is 0.435 e. The summed E-state index contributed by atoms with van der Waals surface area (Å²) in [6.45, 7) is 1.48. The summed E-state index contributed by atoms with van der Waals surface area (Å²) < 4.78 is 56.3. The highest BCUT2D eigenvalue weighted by atomic mass is 35.5. The van der Waals surface area contributed by atoms with Crippen LogP contribution in [0.3, 0.4) is 0 Å². The third-order valence-corrected chi connectivity index (χ3v) is 6.41. The van der Waals surface area contributed by atoms with Gasteiger partial charge in [-0.05, 0) is 67.1 Å². The van der Waals surface area contributed by atoms with Crippen LogP contribution in [0.25, 0.3) is 5.69 Å². The van der Waals surface area contributed by atoms with E-state index in [1.54, 1.807) is 30.3 Å². The maximum atomic E-state index is 14.9. The molecule has 202 valence electrons. The molecule has 0 radical (unpaired) electrons. The van der Waals surface area contributed by atoms with E-state index < -0.39 is 35.4 Å². The summed E-state index contributed by atoms with van der Waals surface area (Å²) in [4.78, 5) is 26.9. The number of hydrogen-bond acceptors (Lipinski definition) is 3. The van der Waals surface area contributed by atoms with Crippen molar-refractivity contribution in [2.45, 2.75) is 19.0 Å². The summed E-state index contributed by atoms with van der Waals surface area (Å²) in [5, 5.41) is 6.93. The lowest BCUT2D eigenvalue weighted by atomic mass is 9.98. The van der Waals surface area contributed by atoms with E-state index in [9.17, 15) is 27.2 Å². The van der Waals surface area contributed by atoms with Gasteiger partial charge in [0, 0.05) is 28.8 Å². The molecule has 4 rings (SSSR count). The van der Waals surface area contributed by atoms with E-state index in [0.717, 1.165) is 21.7 Å². The van der Waals surface area contributed by atoms with E-state index in [2.05, 4.69) is 10.4 Å². The smallest absolute Gasteiger partial charge is 0.322 e. The predicted octanol–water partition coefficient (Wildman–Crippen LogP) is 7.36. The zero-order valence-electron chi connectivity index (χ0n) is 20.4. The molecule has 0 fully saturated rings. The molecule has 0 saturated heterocycles. The van der Waals surface area contributed by atoms with Crippen molar-refractivity contribution in [2.24, 2.45) is 0 Å². The highest BCUT2D eigenvalue weighted by Crippen LogP contribution is 2.34. The van der Waals surface area contributed by atoms with E-state index >= 15 is 0 Å². The van der Waals surface area contributed by atoms with Crippen molar-refractivity contribution in [3.05, 3.63) is 105 Å². The SMILES string of the molecule is CC(C(=O)N(C)c1cc(C(F)(F)F)nn1-c1cccc(Cl)c1)c1ccc(C(=O)Nc2ccc(Cl)cc2)c(F)c1. The highest BCUT2D eigenvalue weighted by Gasteiger charge is 2.36. The van der Waals surface area contributed by atoms with Gasteiger partial charge in [-0.1, -0.05) is 35.3 Å². The monoisotopic (exact) mass is 578 g/mol. The summed E-state index contributed by atoms with van der Waals surface area (Å²) in [7, 11) is 1.29. The lowest BCUT2D eigenvalue weighted by molar-refractivity contribution is -0.141. The fraction of sp³-hybridized carbons (Fsp3) is 0.148. The molecule has 1 atom stereocenters. The van der Waals surface area contributed by atoms with Gasteiger partial charge in [-0.25, -0.2) is 9.07 Å². The van der Waals surface area contributed by atoms with Crippen molar-refractivity contribution in [3.63, 3.8) is 0 Å². The van der Waals surface area contributed by atoms with Crippen LogP contribution in [-0.2, 0) is 11.0 Å². The third kappa shape index (κ3) is 6.23. The number of hydrogen-bond donors (Lipinski definition) is 1. The third-order valence-electron chi connectivity index (χ3n) is 5.92. The fourth-order valence-corrected chi connectivity index (χ4v) is 4.12. The molecular weight excluding hydrogens is 559 g/mol. The molecule has 3 aromatic carbocycles. The molecular formula is C27H20Cl2F4N4O2. The molecule has 0 aliphatic rings. The van der Waals surface area contributed by atoms with E-state index in [1.807, 2.05) is 0 Å². The Morgan fingerprint density at radius 2 is 1.67 bits per heavy atom. The number of alkyl halides is 3. The van der Waals surface area contributed by atoms with E-state index in [4.69, 9.17) is 23.2 Å². The molecule has 2 amide bonds. The van der Waals surface area contributed by atoms with E-state index in [0.29, 0.717) is 10.7 Å². The Kier molecular flexibility index (Phi) is 7.99. The van der Waals surface area contributed by atoms with Crippen molar-refractivity contribution in [1.82, 2.24) is 9.78 Å². The molecule has 0 saturated carbocycles. The maximum absolute atomic E-state index is 14.9. The number of nitrogens with one attached hydrogen (secondary N) is 1. The average molecular weight is 579 g/mol. The Morgan fingerprint density at radius 3 is 2.28 bits per heavy atom. The van der Waals surface area contributed by atoms with Crippen LogP contribution in [-0.4, -0.2) is 28.6 Å². The van der Waals surface area contributed by atoms with Gasteiger partial charge in [-0.3, -0.25) is 14.5 Å². The van der Waals surface area contributed by atoms with Crippen LogP contribution in [0.5, 0.6) is 0 Å². The Hall–Kier alpha value is -3.89. The normalized spacial score (nSPS) is 12.2. The molecule has 0 bridgehead atoms. The number of aromatic nitrogens is 2. The first kappa shape index (κ1) is 28.1. The fourth-order valence-electron chi connectivity index (χ4n) is 3.81. The van der Waals surface area contributed by atoms with Crippen molar-refractivity contribution in [2.75, 3.05) is 17.3 Å². The standard InChI is InChI=1S/C27H20Cl2F4N4O2/c1-15(16-6-11-21(22(30)12-16)25(38)34-19-9-7-17(28)8-10-19)26(39)36(2)24-14-23(27(31,32)33)35-37(24)20-5-3-4-18(29)13-20/h3-15H,1-2H3,(H,34,38). The number of halogens is 6. The molecule has 12 heteroatoms. The topological polar surface area (TPSA) is 67.2 Å². The van der Waals surface area contributed by atoms with Crippen molar-refractivity contribution in [1.29, 1.82) is 0 Å². The van der Waals surface area contributed by atoms with Gasteiger partial charge in [0.05, 0.1) is 17.2 Å². The minimum atomic E-state index is -4.76. The molecule has 0 aliphatic heterocycles. The zero-order valence-corrected chi connectivity index (χ0v) is 21.9. The van der Waals surface area contributed by atoms with Crippen LogP contribution in [0.1, 0.15) is 34.5 Å². The quantitative estimate of drug-likeness (QED) is 0.243. The first-order valence-electron chi connectivity index (χ1n) is 11.4. The lowest BCUT2D eigenvalue weighted by Gasteiger charge is -2.22. The van der Waals surface area contributed by atoms with Crippen molar-refractivity contribution >= 4 is 46.5 Å². The molecule has 0 spiro atoms. The van der Waals surface area contributed by atoms with Gasteiger partial charge in [0.1, 0.15) is 11.6 Å². The number of rotatable bonds is 6. The summed E-state index contributed by atoms with van der Waals surface area (Å²) >= 11 is 11.8. The van der Waals surface area contributed by atoms with Gasteiger partial charge in [0.2, 0.25) is 5.91 Å². The van der Waals surface area contributed by atoms with Gasteiger partial charge in [-0.2, -0.15) is 18.3 Å². The Morgan fingerprint density at radius 1 is 0.974 bits per heavy atom. The number of benzene rings is 3. The molecule has 1 heterocycles. The molecule has 1 N–H and O–H groups in total. The summed E-state index contributed by atoms with van der Waals surface area (Å²) in [5.41, 5.74) is -0.616. The second-order valence-corrected chi connectivity index (χ2v) is 9.47. The number of carbonyl (C=O) groups excluding carboxylic acids is 2. The van der Waals surface area contributed by atoms with Crippen LogP contribution < -0.4 is 10.2 Å². The highest BCUT2D eigenvalue weighted by molar-refractivity contribution is 6.31. The van der Waals surface area contributed by atoms with Gasteiger partial charge in [0.25, 0.3) is 5.91 Å². The number of anilines is 2. The predicted molar refractivity (Wildman–Crippen MR) is 141 cm³/mol. The number of carbonyl (C=O) groups is 2. The molecule has 1 unspecified atom stereocenters. The second kappa shape index (κ2) is 11.1. The minimum absolute atomic E-state index is 0.166. The molecule has 4 aromatic rings. The first-order valence-corrected chi connectivity index (χ1v) is 12.2. The minimum Gasteiger partial charge on any atom is -0.322 e. The molecule has 0 aliphatic carbocycles. The Bertz CT molecular complexity index is 1540. The summed E-state index contributed by atoms with van der Waals surface area (Å²) in [6, 6.07) is 16.7. The van der Waals surface area contributed by atoms with Gasteiger partial charge in [0.15, 0.2) is 5.69 Å². The number of amides is 2. The average Bonchev–Trinajstić information content (AvgIpc) is 3.35. The number of nitrogens with zero attached hydrogens (tertiary/aromatic N) is 3. The summed E-state index contributed by atoms with van der Waals surface area (Å²) in [6.07, 6.45) is -4.76. The molecule has 1 aromatic heterocycles. The maximum Gasteiger partial charge on any atom is 0.435 e. The second-order valence-electron chi connectivity index (χ2n) is 8.60. The van der Waals surface area contributed by atoms with Crippen LogP contribution in [0.4, 0.5) is 29.1 Å². The first-order chi connectivity index (χ1) is 18.3.